The van der Waals surface area contributed by atoms with E-state index in [0.29, 0.717) is 5.16 Å². The van der Waals surface area contributed by atoms with E-state index in [4.69, 9.17) is 10.5 Å². The number of primary amides is 1. The fraction of sp³-hybridized carbons (Fsp3) is 0.188. The van der Waals surface area contributed by atoms with Gasteiger partial charge in [-0.3, -0.25) is 14.2 Å². The molecule has 9 heteroatoms. The van der Waals surface area contributed by atoms with Crippen LogP contribution in [-0.2, 0) is 11.3 Å². The topological polar surface area (TPSA) is 113 Å². The Kier molecular flexibility index (Phi) is 4.94. The fourth-order valence-electron chi connectivity index (χ4n) is 2.23. The standard InChI is InChI=1S/C16H15N5O3S/c1-24-11-4-2-10(3-5-11)8-21-15(23)13-14(19-7-6-18-13)20-16(21)25-9-12(17)22/h2-7H,8-9H2,1H3,(H2,17,22). The van der Waals surface area contributed by atoms with Crippen molar-refractivity contribution < 1.29 is 9.53 Å². The number of hydrogen-bond donors (Lipinski definition) is 1. The highest BCUT2D eigenvalue weighted by Gasteiger charge is 2.14. The van der Waals surface area contributed by atoms with Crippen LogP contribution in [0.2, 0.25) is 0 Å². The lowest BCUT2D eigenvalue weighted by Crippen LogP contribution is -2.25. The van der Waals surface area contributed by atoms with E-state index in [1.807, 2.05) is 24.3 Å². The van der Waals surface area contributed by atoms with Crippen LogP contribution in [0.4, 0.5) is 0 Å². The molecule has 2 N–H and O–H groups in total. The average Bonchev–Trinajstić information content (AvgIpc) is 2.63. The third-order valence-electron chi connectivity index (χ3n) is 3.40. The van der Waals surface area contributed by atoms with Crippen LogP contribution in [0, 0.1) is 0 Å². The van der Waals surface area contributed by atoms with Gasteiger partial charge in [-0.05, 0) is 17.7 Å². The van der Waals surface area contributed by atoms with Gasteiger partial charge in [0.15, 0.2) is 16.3 Å². The molecule has 8 nitrogen and oxygen atoms in total. The molecule has 0 spiro atoms. The monoisotopic (exact) mass is 357 g/mol. The van der Waals surface area contributed by atoms with E-state index in [9.17, 15) is 9.59 Å². The Hall–Kier alpha value is -2.94. The molecule has 0 bridgehead atoms. The Morgan fingerprint density at radius 2 is 1.96 bits per heavy atom. The van der Waals surface area contributed by atoms with Crippen LogP contribution in [0.5, 0.6) is 5.75 Å². The fourth-order valence-corrected chi connectivity index (χ4v) is 2.95. The first-order valence-corrected chi connectivity index (χ1v) is 8.32. The second-order valence-corrected chi connectivity index (χ2v) is 6.06. The van der Waals surface area contributed by atoms with Crippen LogP contribution in [0.3, 0.4) is 0 Å². The van der Waals surface area contributed by atoms with Gasteiger partial charge in [0.1, 0.15) is 5.75 Å². The average molecular weight is 357 g/mol. The Balaban J connectivity index is 2.06. The number of carbonyl (C=O) groups excluding carboxylic acids is 1. The third-order valence-corrected chi connectivity index (χ3v) is 4.40. The highest BCUT2D eigenvalue weighted by molar-refractivity contribution is 7.99. The number of fused-ring (bicyclic) bond motifs is 1. The molecule has 3 aromatic rings. The van der Waals surface area contributed by atoms with Gasteiger partial charge < -0.3 is 10.5 Å². The molecule has 0 saturated carbocycles. The highest BCUT2D eigenvalue weighted by Crippen LogP contribution is 2.18. The van der Waals surface area contributed by atoms with Crippen LogP contribution in [0.1, 0.15) is 5.56 Å². The van der Waals surface area contributed by atoms with E-state index in [1.165, 1.54) is 17.0 Å². The molecule has 0 aliphatic heterocycles. The smallest absolute Gasteiger partial charge is 0.282 e. The number of carbonyl (C=O) groups is 1. The second kappa shape index (κ2) is 7.31. The van der Waals surface area contributed by atoms with Crippen molar-refractivity contribution in [2.75, 3.05) is 12.9 Å². The van der Waals surface area contributed by atoms with E-state index >= 15 is 0 Å². The van der Waals surface area contributed by atoms with Crippen molar-refractivity contribution in [1.82, 2.24) is 19.5 Å². The summed E-state index contributed by atoms with van der Waals surface area (Å²) in [5, 5.41) is 0.368. The molecular weight excluding hydrogens is 342 g/mol. The first-order valence-electron chi connectivity index (χ1n) is 7.34. The Morgan fingerprint density at radius 1 is 1.24 bits per heavy atom. The number of benzene rings is 1. The van der Waals surface area contributed by atoms with Gasteiger partial charge in [-0.15, -0.1) is 0 Å². The van der Waals surface area contributed by atoms with Crippen LogP contribution < -0.4 is 16.0 Å². The SMILES string of the molecule is COc1ccc(Cn2c(SCC(N)=O)nc3nccnc3c2=O)cc1. The van der Waals surface area contributed by atoms with Crippen molar-refractivity contribution in [1.29, 1.82) is 0 Å². The first kappa shape index (κ1) is 16.9. The van der Waals surface area contributed by atoms with Gasteiger partial charge in [-0.1, -0.05) is 23.9 Å². The summed E-state index contributed by atoms with van der Waals surface area (Å²) in [5.74, 6) is 0.247. The lowest BCUT2D eigenvalue weighted by Gasteiger charge is -2.12. The van der Waals surface area contributed by atoms with Crippen molar-refractivity contribution in [2.24, 2.45) is 5.73 Å². The van der Waals surface area contributed by atoms with Crippen molar-refractivity contribution in [3.05, 3.63) is 52.6 Å². The van der Waals surface area contributed by atoms with Gasteiger partial charge in [-0.2, -0.15) is 0 Å². The summed E-state index contributed by atoms with van der Waals surface area (Å²) in [5.41, 5.74) is 6.19. The van der Waals surface area contributed by atoms with Crippen molar-refractivity contribution in [3.63, 3.8) is 0 Å². The van der Waals surface area contributed by atoms with Crippen molar-refractivity contribution in [3.8, 4) is 5.75 Å². The molecule has 25 heavy (non-hydrogen) atoms. The van der Waals surface area contributed by atoms with Gasteiger partial charge in [-0.25, -0.2) is 15.0 Å². The van der Waals surface area contributed by atoms with Crippen LogP contribution in [-0.4, -0.2) is 38.3 Å². The molecule has 2 heterocycles. The second-order valence-electron chi connectivity index (χ2n) is 5.12. The van der Waals surface area contributed by atoms with Gasteiger partial charge in [0.25, 0.3) is 5.56 Å². The van der Waals surface area contributed by atoms with E-state index in [2.05, 4.69) is 15.0 Å². The van der Waals surface area contributed by atoms with E-state index in [0.717, 1.165) is 23.1 Å². The lowest BCUT2D eigenvalue weighted by atomic mass is 10.2. The summed E-state index contributed by atoms with van der Waals surface area (Å²) < 4.78 is 6.60. The Bertz CT molecular complexity index is 972. The third kappa shape index (κ3) is 3.77. The molecule has 0 unspecified atom stereocenters. The molecule has 0 aliphatic rings. The zero-order valence-corrected chi connectivity index (χ0v) is 14.2. The molecule has 1 amide bonds. The summed E-state index contributed by atoms with van der Waals surface area (Å²) in [6.07, 6.45) is 2.91. The molecule has 2 aromatic heterocycles. The van der Waals surface area contributed by atoms with Gasteiger partial charge in [0.2, 0.25) is 5.91 Å². The molecule has 0 aliphatic carbocycles. The molecule has 0 atom stereocenters. The van der Waals surface area contributed by atoms with Crippen LogP contribution in [0.25, 0.3) is 11.2 Å². The number of thioether (sulfide) groups is 1. The number of ether oxygens (including phenoxy) is 1. The predicted octanol–water partition coefficient (Wildman–Crippen LogP) is 0.821. The normalized spacial score (nSPS) is 10.8. The van der Waals surface area contributed by atoms with Crippen LogP contribution >= 0.6 is 11.8 Å². The van der Waals surface area contributed by atoms with Crippen molar-refractivity contribution >= 4 is 28.8 Å². The summed E-state index contributed by atoms with van der Waals surface area (Å²) in [6, 6.07) is 7.33. The maximum absolute atomic E-state index is 12.8. The largest absolute Gasteiger partial charge is 0.497 e. The molecular formula is C16H15N5O3S. The molecule has 0 saturated heterocycles. The minimum absolute atomic E-state index is 0.0147. The summed E-state index contributed by atoms with van der Waals surface area (Å²) in [4.78, 5) is 36.4. The van der Waals surface area contributed by atoms with E-state index in [1.54, 1.807) is 7.11 Å². The molecule has 0 fully saturated rings. The number of methoxy groups -OCH3 is 1. The van der Waals surface area contributed by atoms with E-state index < -0.39 is 5.91 Å². The maximum Gasteiger partial charge on any atom is 0.282 e. The molecule has 0 radical (unpaired) electrons. The first-order chi connectivity index (χ1) is 12.1. The predicted molar refractivity (Wildman–Crippen MR) is 93.6 cm³/mol. The van der Waals surface area contributed by atoms with E-state index in [-0.39, 0.29) is 29.0 Å². The van der Waals surface area contributed by atoms with Crippen molar-refractivity contribution in [2.45, 2.75) is 11.7 Å². The van der Waals surface area contributed by atoms with Gasteiger partial charge in [0.05, 0.1) is 19.4 Å². The van der Waals surface area contributed by atoms with Gasteiger partial charge >= 0.3 is 0 Å². The molecule has 1 aromatic carbocycles. The number of nitrogens with zero attached hydrogens (tertiary/aromatic N) is 4. The molecule has 128 valence electrons. The lowest BCUT2D eigenvalue weighted by molar-refractivity contribution is -0.115. The number of rotatable bonds is 6. The quantitative estimate of drug-likeness (QED) is 0.513. The molecule has 3 rings (SSSR count). The summed E-state index contributed by atoms with van der Waals surface area (Å²) in [7, 11) is 1.59. The summed E-state index contributed by atoms with van der Waals surface area (Å²) >= 11 is 1.10. The number of aromatic nitrogens is 4. The zero-order chi connectivity index (χ0) is 17.8. The zero-order valence-electron chi connectivity index (χ0n) is 13.4. The summed E-state index contributed by atoms with van der Waals surface area (Å²) in [6.45, 7) is 0.281. The number of amides is 1. The highest BCUT2D eigenvalue weighted by atomic mass is 32.2. The van der Waals surface area contributed by atoms with Gasteiger partial charge in [0, 0.05) is 12.4 Å². The minimum atomic E-state index is -0.491. The minimum Gasteiger partial charge on any atom is -0.497 e. The Labute approximate surface area is 147 Å². The number of hydrogen-bond acceptors (Lipinski definition) is 7. The number of nitrogens with two attached hydrogens (primary N) is 1. The van der Waals surface area contributed by atoms with Crippen LogP contribution in [0.15, 0.2) is 46.6 Å². The Morgan fingerprint density at radius 3 is 2.64 bits per heavy atom. The maximum atomic E-state index is 12.8.